The number of hydrogen-bond acceptors (Lipinski definition) is 5. The molecule has 33 heavy (non-hydrogen) atoms. The molecule has 2 aromatic carbocycles. The number of carbonyl (C=O) groups excluding carboxylic acids is 2. The number of carbonyl (C=O) groups is 2. The lowest BCUT2D eigenvalue weighted by molar-refractivity contribution is -0.124. The number of imidazole rings is 1. The number of ether oxygens (including phenoxy) is 1. The molecule has 0 saturated heterocycles. The minimum Gasteiger partial charge on any atom is -0.494 e. The topological polar surface area (TPSA) is 89.3 Å². The number of pyridine rings is 1. The van der Waals surface area contributed by atoms with Crippen LogP contribution in [0, 0.1) is 0 Å². The second kappa shape index (κ2) is 8.74. The Morgan fingerprint density at radius 3 is 2.61 bits per heavy atom. The summed E-state index contributed by atoms with van der Waals surface area (Å²) in [5, 5.41) is 2.88. The standard InChI is InChI=1S/C25H23N5O3/c1-2-33-19-12-10-17(11-13-19)27-23(31)15-22-24(32)29(16-18-7-5-6-14-26-18)25-28-20-8-3-4-9-21(20)30(22)25/h3-14,22H,2,15-16H2,1H3,(H,27,31). The Labute approximate surface area is 190 Å². The summed E-state index contributed by atoms with van der Waals surface area (Å²) in [4.78, 5) is 37.0. The van der Waals surface area contributed by atoms with Gasteiger partial charge in [0.2, 0.25) is 11.9 Å². The summed E-state index contributed by atoms with van der Waals surface area (Å²) in [5.74, 6) is 0.851. The van der Waals surface area contributed by atoms with E-state index in [0.29, 0.717) is 24.8 Å². The van der Waals surface area contributed by atoms with E-state index in [1.54, 1.807) is 35.4 Å². The number of anilines is 2. The zero-order valence-electron chi connectivity index (χ0n) is 18.1. The van der Waals surface area contributed by atoms with Crippen molar-refractivity contribution in [1.29, 1.82) is 0 Å². The average molecular weight is 441 g/mol. The second-order valence-corrected chi connectivity index (χ2v) is 7.74. The molecule has 0 fully saturated rings. The predicted octanol–water partition coefficient (Wildman–Crippen LogP) is 3.95. The summed E-state index contributed by atoms with van der Waals surface area (Å²) in [7, 11) is 0. The minimum atomic E-state index is -0.682. The number of fused-ring (bicyclic) bond motifs is 3. The van der Waals surface area contributed by atoms with E-state index in [0.717, 1.165) is 22.5 Å². The van der Waals surface area contributed by atoms with Crippen LogP contribution in [-0.4, -0.2) is 33.0 Å². The fraction of sp³-hybridized carbons (Fsp3) is 0.200. The average Bonchev–Trinajstić information content (AvgIpc) is 3.32. The molecule has 1 atom stereocenters. The van der Waals surface area contributed by atoms with Gasteiger partial charge in [-0.3, -0.25) is 24.0 Å². The van der Waals surface area contributed by atoms with Crippen LogP contribution in [0.3, 0.4) is 0 Å². The molecule has 4 aromatic rings. The van der Waals surface area contributed by atoms with Crippen molar-refractivity contribution in [3.63, 3.8) is 0 Å². The minimum absolute atomic E-state index is 0.00187. The lowest BCUT2D eigenvalue weighted by Crippen LogP contribution is -2.31. The monoisotopic (exact) mass is 441 g/mol. The highest BCUT2D eigenvalue weighted by Gasteiger charge is 2.41. The van der Waals surface area contributed by atoms with E-state index in [1.165, 1.54) is 0 Å². The van der Waals surface area contributed by atoms with Crippen molar-refractivity contribution in [3.8, 4) is 5.75 Å². The number of amides is 2. The smallest absolute Gasteiger partial charge is 0.253 e. The molecule has 1 aliphatic rings. The van der Waals surface area contributed by atoms with Gasteiger partial charge in [0.05, 0.1) is 36.3 Å². The maximum Gasteiger partial charge on any atom is 0.253 e. The third-order valence-corrected chi connectivity index (χ3v) is 5.56. The molecule has 8 nitrogen and oxygen atoms in total. The SMILES string of the molecule is CCOc1ccc(NC(=O)CC2C(=O)N(Cc3ccccn3)c3nc4ccccc4n32)cc1. The molecule has 1 N–H and O–H groups in total. The molecule has 0 radical (unpaired) electrons. The zero-order chi connectivity index (χ0) is 22.8. The highest BCUT2D eigenvalue weighted by molar-refractivity contribution is 6.05. The third kappa shape index (κ3) is 4.03. The molecule has 8 heteroatoms. The summed E-state index contributed by atoms with van der Waals surface area (Å²) >= 11 is 0. The van der Waals surface area contributed by atoms with Crippen molar-refractivity contribution >= 4 is 34.5 Å². The van der Waals surface area contributed by atoms with Gasteiger partial charge in [-0.1, -0.05) is 18.2 Å². The Hall–Kier alpha value is -4.20. The van der Waals surface area contributed by atoms with Gasteiger partial charge in [-0.05, 0) is 55.5 Å². The van der Waals surface area contributed by atoms with Crippen molar-refractivity contribution in [1.82, 2.24) is 14.5 Å². The number of benzene rings is 2. The fourth-order valence-corrected chi connectivity index (χ4v) is 4.09. The van der Waals surface area contributed by atoms with Gasteiger partial charge in [-0.25, -0.2) is 4.98 Å². The molecule has 166 valence electrons. The quantitative estimate of drug-likeness (QED) is 0.469. The Bertz CT molecular complexity index is 1300. The van der Waals surface area contributed by atoms with Crippen LogP contribution in [0.5, 0.6) is 5.75 Å². The van der Waals surface area contributed by atoms with E-state index in [1.807, 2.05) is 54.0 Å². The van der Waals surface area contributed by atoms with Crippen LogP contribution in [0.4, 0.5) is 11.6 Å². The molecule has 2 amide bonds. The van der Waals surface area contributed by atoms with Gasteiger partial charge in [-0.2, -0.15) is 0 Å². The van der Waals surface area contributed by atoms with Gasteiger partial charge in [0, 0.05) is 11.9 Å². The molecule has 3 heterocycles. The number of nitrogens with one attached hydrogen (secondary N) is 1. The summed E-state index contributed by atoms with van der Waals surface area (Å²) < 4.78 is 7.30. The molecule has 0 aliphatic carbocycles. The van der Waals surface area contributed by atoms with E-state index in [2.05, 4.69) is 15.3 Å². The molecule has 0 saturated carbocycles. The first kappa shape index (κ1) is 20.7. The van der Waals surface area contributed by atoms with Crippen LogP contribution in [0.15, 0.2) is 72.9 Å². The molecule has 2 aromatic heterocycles. The summed E-state index contributed by atoms with van der Waals surface area (Å²) in [6.45, 7) is 2.78. The van der Waals surface area contributed by atoms with E-state index in [9.17, 15) is 9.59 Å². The van der Waals surface area contributed by atoms with Crippen LogP contribution >= 0.6 is 0 Å². The number of hydrogen-bond donors (Lipinski definition) is 1. The van der Waals surface area contributed by atoms with Gasteiger partial charge >= 0.3 is 0 Å². The van der Waals surface area contributed by atoms with Crippen molar-refractivity contribution in [2.75, 3.05) is 16.8 Å². The fourth-order valence-electron chi connectivity index (χ4n) is 4.09. The number of para-hydroxylation sites is 2. The van der Waals surface area contributed by atoms with Crippen LogP contribution in [-0.2, 0) is 16.1 Å². The van der Waals surface area contributed by atoms with Crippen LogP contribution in [0.2, 0.25) is 0 Å². The number of rotatable bonds is 7. The van der Waals surface area contributed by atoms with Crippen LogP contribution in [0.1, 0.15) is 25.1 Å². The molecular weight excluding hydrogens is 418 g/mol. The first-order chi connectivity index (χ1) is 16.1. The Balaban J connectivity index is 1.41. The Morgan fingerprint density at radius 1 is 1.06 bits per heavy atom. The van der Waals surface area contributed by atoms with E-state index >= 15 is 0 Å². The molecule has 0 spiro atoms. The van der Waals surface area contributed by atoms with E-state index in [4.69, 9.17) is 4.74 Å². The molecule has 1 unspecified atom stereocenters. The Morgan fingerprint density at radius 2 is 1.85 bits per heavy atom. The Kier molecular flexibility index (Phi) is 5.48. The van der Waals surface area contributed by atoms with Gasteiger partial charge in [-0.15, -0.1) is 0 Å². The van der Waals surface area contributed by atoms with Crippen molar-refractivity contribution in [3.05, 3.63) is 78.6 Å². The molecule has 0 bridgehead atoms. The maximum atomic E-state index is 13.4. The first-order valence-electron chi connectivity index (χ1n) is 10.8. The highest BCUT2D eigenvalue weighted by Crippen LogP contribution is 2.37. The lowest BCUT2D eigenvalue weighted by Gasteiger charge is -2.15. The van der Waals surface area contributed by atoms with Crippen molar-refractivity contribution in [2.24, 2.45) is 0 Å². The highest BCUT2D eigenvalue weighted by atomic mass is 16.5. The van der Waals surface area contributed by atoms with Crippen LogP contribution in [0.25, 0.3) is 11.0 Å². The van der Waals surface area contributed by atoms with Gasteiger partial charge in [0.1, 0.15) is 11.8 Å². The van der Waals surface area contributed by atoms with Crippen LogP contribution < -0.4 is 15.0 Å². The number of nitrogens with zero attached hydrogens (tertiary/aromatic N) is 4. The van der Waals surface area contributed by atoms with Gasteiger partial charge < -0.3 is 10.1 Å². The van der Waals surface area contributed by atoms with Gasteiger partial charge in [0.15, 0.2) is 0 Å². The molecule has 1 aliphatic heterocycles. The zero-order valence-corrected chi connectivity index (χ0v) is 18.1. The molecular formula is C25H23N5O3. The lowest BCUT2D eigenvalue weighted by atomic mass is 10.1. The maximum absolute atomic E-state index is 13.4. The first-order valence-corrected chi connectivity index (χ1v) is 10.8. The summed E-state index contributed by atoms with van der Waals surface area (Å²) in [5.41, 5.74) is 3.00. The third-order valence-electron chi connectivity index (χ3n) is 5.56. The predicted molar refractivity (Wildman–Crippen MR) is 125 cm³/mol. The van der Waals surface area contributed by atoms with E-state index < -0.39 is 6.04 Å². The largest absolute Gasteiger partial charge is 0.494 e. The second-order valence-electron chi connectivity index (χ2n) is 7.74. The van der Waals surface area contributed by atoms with Gasteiger partial charge in [0.25, 0.3) is 5.91 Å². The summed E-state index contributed by atoms with van der Waals surface area (Å²) in [6.07, 6.45) is 1.69. The summed E-state index contributed by atoms with van der Waals surface area (Å²) in [6, 6.07) is 19.7. The molecule has 5 rings (SSSR count). The van der Waals surface area contributed by atoms with E-state index in [-0.39, 0.29) is 18.2 Å². The number of aromatic nitrogens is 3. The van der Waals surface area contributed by atoms with Crippen molar-refractivity contribution in [2.45, 2.75) is 25.9 Å². The normalized spacial score (nSPS) is 15.0. The van der Waals surface area contributed by atoms with Crippen molar-refractivity contribution < 1.29 is 14.3 Å².